The quantitative estimate of drug-likeness (QED) is 0.538. The second-order valence-corrected chi connectivity index (χ2v) is 3.49. The Labute approximate surface area is 68.5 Å². The lowest BCUT2D eigenvalue weighted by atomic mass is 9.82. The van der Waals surface area contributed by atoms with Crippen molar-refractivity contribution in [2.45, 2.75) is 33.1 Å². The van der Waals surface area contributed by atoms with Crippen molar-refractivity contribution in [1.82, 2.24) is 0 Å². The van der Waals surface area contributed by atoms with E-state index >= 15 is 0 Å². The molecule has 11 heavy (non-hydrogen) atoms. The Kier molecular flexibility index (Phi) is 3.10. The van der Waals surface area contributed by atoms with E-state index in [1.165, 1.54) is 5.57 Å². The van der Waals surface area contributed by atoms with Gasteiger partial charge in [0.15, 0.2) is 0 Å². The Morgan fingerprint density at radius 2 is 2.36 bits per heavy atom. The van der Waals surface area contributed by atoms with Crippen LogP contribution < -0.4 is 0 Å². The van der Waals surface area contributed by atoms with Gasteiger partial charge in [-0.25, -0.2) is 0 Å². The molecule has 0 aromatic carbocycles. The van der Waals surface area contributed by atoms with E-state index < -0.39 is 0 Å². The minimum Gasteiger partial charge on any atom is -0.251 e. The van der Waals surface area contributed by atoms with E-state index in [2.05, 4.69) is 19.9 Å². The molecule has 0 bridgehead atoms. The van der Waals surface area contributed by atoms with Gasteiger partial charge in [0, 0.05) is 0 Å². The second-order valence-electron chi connectivity index (χ2n) is 3.49. The normalized spacial score (nSPS) is 31.7. The molecule has 0 saturated carbocycles. The third-order valence-corrected chi connectivity index (χ3v) is 2.73. The third kappa shape index (κ3) is 2.05. The average molecular weight is 156 g/mol. The van der Waals surface area contributed by atoms with Gasteiger partial charge in [-0.2, -0.15) is 0 Å². The number of halogens is 1. The van der Waals surface area contributed by atoms with Gasteiger partial charge in [0.2, 0.25) is 0 Å². The molecule has 0 aromatic rings. The van der Waals surface area contributed by atoms with Crippen LogP contribution in [0.25, 0.3) is 0 Å². The van der Waals surface area contributed by atoms with Crippen LogP contribution in [0.3, 0.4) is 0 Å². The first-order valence-corrected chi connectivity index (χ1v) is 4.53. The summed E-state index contributed by atoms with van der Waals surface area (Å²) in [5, 5.41) is 0. The fourth-order valence-corrected chi connectivity index (χ4v) is 1.74. The summed E-state index contributed by atoms with van der Waals surface area (Å²) in [6.07, 6.45) is 5.57. The van der Waals surface area contributed by atoms with E-state index in [1.807, 2.05) is 0 Å². The lowest BCUT2D eigenvalue weighted by Gasteiger charge is -2.24. The monoisotopic (exact) mass is 156 g/mol. The van der Waals surface area contributed by atoms with Gasteiger partial charge in [-0.3, -0.25) is 4.39 Å². The van der Waals surface area contributed by atoms with Crippen LogP contribution in [-0.4, -0.2) is 6.67 Å². The van der Waals surface area contributed by atoms with E-state index in [1.54, 1.807) is 0 Å². The summed E-state index contributed by atoms with van der Waals surface area (Å²) in [5.74, 6) is 0.758. The summed E-state index contributed by atoms with van der Waals surface area (Å²) >= 11 is 0. The van der Waals surface area contributed by atoms with Gasteiger partial charge in [-0.1, -0.05) is 25.5 Å². The highest BCUT2D eigenvalue weighted by Crippen LogP contribution is 2.29. The van der Waals surface area contributed by atoms with Crippen molar-refractivity contribution in [3.05, 3.63) is 11.6 Å². The van der Waals surface area contributed by atoms with Crippen LogP contribution in [0.2, 0.25) is 0 Å². The van der Waals surface area contributed by atoms with Crippen LogP contribution >= 0.6 is 0 Å². The maximum absolute atomic E-state index is 12.3. The van der Waals surface area contributed by atoms with E-state index in [4.69, 9.17) is 0 Å². The summed E-state index contributed by atoms with van der Waals surface area (Å²) < 4.78 is 12.3. The van der Waals surface area contributed by atoms with Crippen molar-refractivity contribution >= 4 is 0 Å². The van der Waals surface area contributed by atoms with E-state index in [9.17, 15) is 4.39 Å². The zero-order valence-electron chi connectivity index (χ0n) is 7.44. The molecule has 64 valence electrons. The van der Waals surface area contributed by atoms with Crippen LogP contribution in [-0.2, 0) is 0 Å². The van der Waals surface area contributed by atoms with Crippen LogP contribution in [0.4, 0.5) is 4.39 Å². The number of hydrogen-bond acceptors (Lipinski definition) is 0. The molecule has 0 aromatic heterocycles. The summed E-state index contributed by atoms with van der Waals surface area (Å²) in [6.45, 7) is 4.15. The molecule has 0 nitrogen and oxygen atoms in total. The summed E-state index contributed by atoms with van der Waals surface area (Å²) in [6, 6.07) is 0. The van der Waals surface area contributed by atoms with Crippen molar-refractivity contribution in [3.63, 3.8) is 0 Å². The Morgan fingerprint density at radius 1 is 1.64 bits per heavy atom. The van der Waals surface area contributed by atoms with Gasteiger partial charge in [0.25, 0.3) is 0 Å². The number of rotatable bonds is 2. The summed E-state index contributed by atoms with van der Waals surface area (Å²) in [4.78, 5) is 0. The molecular formula is C10H17F. The van der Waals surface area contributed by atoms with Crippen molar-refractivity contribution in [2.24, 2.45) is 11.8 Å². The van der Waals surface area contributed by atoms with Crippen molar-refractivity contribution in [3.8, 4) is 0 Å². The van der Waals surface area contributed by atoms with Crippen LogP contribution in [0, 0.1) is 11.8 Å². The fraction of sp³-hybridized carbons (Fsp3) is 0.800. The predicted octanol–water partition coefficient (Wildman–Crippen LogP) is 3.34. The Hall–Kier alpha value is -0.330. The van der Waals surface area contributed by atoms with Crippen molar-refractivity contribution < 1.29 is 4.39 Å². The van der Waals surface area contributed by atoms with E-state index in [-0.39, 0.29) is 6.67 Å². The lowest BCUT2D eigenvalue weighted by molar-refractivity contribution is 0.279. The van der Waals surface area contributed by atoms with Gasteiger partial charge < -0.3 is 0 Å². The lowest BCUT2D eigenvalue weighted by Crippen LogP contribution is -2.16. The zero-order valence-corrected chi connectivity index (χ0v) is 7.44. The standard InChI is InChI=1S/C10H17F/c1-3-9-4-5-10(7-11)8(2)6-9/h6,8,10H,3-5,7H2,1-2H3/t8?,10-/m1/s1. The molecule has 1 rings (SSSR count). The maximum atomic E-state index is 12.3. The molecule has 0 heterocycles. The highest BCUT2D eigenvalue weighted by molar-refractivity contribution is 5.08. The van der Waals surface area contributed by atoms with Gasteiger partial charge in [0.1, 0.15) is 0 Å². The molecule has 0 aliphatic heterocycles. The third-order valence-electron chi connectivity index (χ3n) is 2.73. The molecule has 1 aliphatic rings. The molecule has 0 fully saturated rings. The van der Waals surface area contributed by atoms with Crippen LogP contribution in [0.1, 0.15) is 33.1 Å². The first kappa shape index (κ1) is 8.76. The second kappa shape index (κ2) is 3.89. The molecule has 0 amide bonds. The topological polar surface area (TPSA) is 0 Å². The molecule has 1 unspecified atom stereocenters. The Bertz CT molecular complexity index is 149. The number of alkyl halides is 1. The van der Waals surface area contributed by atoms with Gasteiger partial charge in [-0.05, 0) is 31.1 Å². The van der Waals surface area contributed by atoms with Crippen molar-refractivity contribution in [2.75, 3.05) is 6.67 Å². The smallest absolute Gasteiger partial charge is 0.0928 e. The highest BCUT2D eigenvalue weighted by atomic mass is 19.1. The maximum Gasteiger partial charge on any atom is 0.0928 e. The van der Waals surface area contributed by atoms with Gasteiger partial charge in [-0.15, -0.1) is 0 Å². The van der Waals surface area contributed by atoms with E-state index in [0.29, 0.717) is 11.8 Å². The van der Waals surface area contributed by atoms with Crippen LogP contribution in [0.5, 0.6) is 0 Å². The first-order valence-electron chi connectivity index (χ1n) is 4.53. The fourth-order valence-electron chi connectivity index (χ4n) is 1.74. The largest absolute Gasteiger partial charge is 0.251 e. The first-order chi connectivity index (χ1) is 5.27. The Morgan fingerprint density at radius 3 is 2.82 bits per heavy atom. The minimum absolute atomic E-state index is 0.144. The average Bonchev–Trinajstić information content (AvgIpc) is 2.04. The predicted molar refractivity (Wildman–Crippen MR) is 46.2 cm³/mol. The Balaban J connectivity index is 2.54. The van der Waals surface area contributed by atoms with Crippen molar-refractivity contribution in [1.29, 1.82) is 0 Å². The molecule has 0 spiro atoms. The molecule has 1 aliphatic carbocycles. The zero-order chi connectivity index (χ0) is 8.27. The minimum atomic E-state index is -0.144. The van der Waals surface area contributed by atoms with Gasteiger partial charge >= 0.3 is 0 Å². The molecule has 0 radical (unpaired) electrons. The summed E-state index contributed by atoms with van der Waals surface area (Å²) in [7, 11) is 0. The number of hydrogen-bond donors (Lipinski definition) is 0. The molecule has 0 saturated heterocycles. The van der Waals surface area contributed by atoms with Crippen LogP contribution in [0.15, 0.2) is 11.6 Å². The van der Waals surface area contributed by atoms with Gasteiger partial charge in [0.05, 0.1) is 6.67 Å². The molecule has 0 N–H and O–H groups in total. The molecular weight excluding hydrogens is 139 g/mol. The summed E-state index contributed by atoms with van der Waals surface area (Å²) in [5.41, 5.74) is 1.52. The SMILES string of the molecule is CCC1=CC(C)[C@@H](CF)CC1. The highest BCUT2D eigenvalue weighted by Gasteiger charge is 2.19. The molecule has 1 heteroatoms. The molecule has 2 atom stereocenters. The number of allylic oxidation sites excluding steroid dienone is 2. The van der Waals surface area contributed by atoms with E-state index in [0.717, 1.165) is 19.3 Å².